The molecule has 0 spiro atoms. The second-order valence-corrected chi connectivity index (χ2v) is 7.17. The summed E-state index contributed by atoms with van der Waals surface area (Å²) in [6, 6.07) is 17.2. The maximum atomic E-state index is 11.2. The number of ether oxygens (including phenoxy) is 1. The van der Waals surface area contributed by atoms with E-state index in [1.165, 1.54) is 5.56 Å². The topological polar surface area (TPSA) is 62.2 Å². The zero-order valence-electron chi connectivity index (χ0n) is 14.9. The van der Waals surface area contributed by atoms with Crippen molar-refractivity contribution < 1.29 is 44.2 Å². The Hall–Kier alpha value is -1.79. The number of carbonyl (C=O) groups excluding carboxylic acids is 1. The molecule has 1 aliphatic heterocycles. The van der Waals surface area contributed by atoms with Gasteiger partial charge < -0.3 is 14.6 Å². The number of rotatable bonds is 4. The molecule has 27 heavy (non-hydrogen) atoms. The molecule has 0 amide bonds. The molecule has 0 N–H and O–H groups in total. The van der Waals surface area contributed by atoms with E-state index in [-0.39, 0.29) is 40.4 Å². The second kappa shape index (κ2) is 8.93. The number of aromatic carboxylic acids is 1. The van der Waals surface area contributed by atoms with Crippen molar-refractivity contribution in [1.82, 2.24) is 4.98 Å². The van der Waals surface area contributed by atoms with Crippen molar-refractivity contribution in [3.63, 3.8) is 0 Å². The van der Waals surface area contributed by atoms with Gasteiger partial charge >= 0.3 is 29.6 Å². The number of thioether (sulfide) groups is 1. The van der Waals surface area contributed by atoms with E-state index >= 15 is 0 Å². The van der Waals surface area contributed by atoms with Crippen molar-refractivity contribution >= 4 is 17.7 Å². The van der Waals surface area contributed by atoms with Crippen LogP contribution in [0.4, 0.5) is 0 Å². The Bertz CT molecular complexity index is 949. The Morgan fingerprint density at radius 3 is 2.78 bits per heavy atom. The molecule has 130 valence electrons. The molecule has 6 heteroatoms. The fraction of sp³-hybridized carbons (Fsp3) is 0.143. The molecular formula is C21H16NNaO3S. The Morgan fingerprint density at radius 2 is 2.00 bits per heavy atom. The third kappa shape index (κ3) is 4.38. The Balaban J connectivity index is 0.00000210. The van der Waals surface area contributed by atoms with Crippen LogP contribution < -0.4 is 39.4 Å². The monoisotopic (exact) mass is 385 g/mol. The quantitative estimate of drug-likeness (QED) is 0.607. The molecule has 0 saturated heterocycles. The number of benzene rings is 2. The molecule has 0 radical (unpaired) electrons. The summed E-state index contributed by atoms with van der Waals surface area (Å²) in [7, 11) is 0. The fourth-order valence-corrected chi connectivity index (χ4v) is 4.40. The molecule has 1 atom stereocenters. The summed E-state index contributed by atoms with van der Waals surface area (Å²) in [6.07, 6.45) is 3.63. The Labute approximate surface area is 184 Å². The first-order valence-corrected chi connectivity index (χ1v) is 9.33. The summed E-state index contributed by atoms with van der Waals surface area (Å²) < 4.78 is 5.93. The number of pyridine rings is 1. The van der Waals surface area contributed by atoms with Crippen LogP contribution in [-0.2, 0) is 12.4 Å². The molecule has 3 aromatic rings. The molecule has 0 saturated carbocycles. The van der Waals surface area contributed by atoms with Gasteiger partial charge in [0.05, 0.1) is 11.2 Å². The van der Waals surface area contributed by atoms with E-state index in [0.717, 1.165) is 22.4 Å². The number of hydrogen-bond donors (Lipinski definition) is 0. The minimum Gasteiger partial charge on any atom is -0.545 e. The third-order valence-electron chi connectivity index (χ3n) is 4.39. The number of nitrogens with zero attached hydrogens (tertiary/aromatic N) is 1. The number of carboxylic acid groups (broad SMARTS) is 1. The van der Waals surface area contributed by atoms with E-state index < -0.39 is 5.97 Å². The van der Waals surface area contributed by atoms with Gasteiger partial charge in [-0.1, -0.05) is 42.5 Å². The average Bonchev–Trinajstić information content (AvgIpc) is 2.83. The van der Waals surface area contributed by atoms with E-state index in [4.69, 9.17) is 4.74 Å². The van der Waals surface area contributed by atoms with Crippen LogP contribution in [0.2, 0.25) is 0 Å². The number of aromatic nitrogens is 1. The number of carbonyl (C=O) groups is 1. The van der Waals surface area contributed by atoms with Crippen LogP contribution in [0.15, 0.2) is 67.0 Å². The van der Waals surface area contributed by atoms with Gasteiger partial charge in [-0.15, -0.1) is 11.8 Å². The van der Waals surface area contributed by atoms with Crippen LogP contribution in [0.5, 0.6) is 5.75 Å². The predicted octanol–water partition coefficient (Wildman–Crippen LogP) is 0.364. The zero-order chi connectivity index (χ0) is 17.9. The normalized spacial score (nSPS) is 14.7. The number of hydrogen-bond acceptors (Lipinski definition) is 5. The van der Waals surface area contributed by atoms with Crippen LogP contribution >= 0.6 is 11.8 Å². The van der Waals surface area contributed by atoms with Crippen molar-refractivity contribution in [1.29, 1.82) is 0 Å². The molecular weight excluding hydrogens is 369 g/mol. The average molecular weight is 385 g/mol. The van der Waals surface area contributed by atoms with Gasteiger partial charge in [-0.2, -0.15) is 0 Å². The largest absolute Gasteiger partial charge is 1.00 e. The van der Waals surface area contributed by atoms with Crippen molar-refractivity contribution in [2.75, 3.05) is 0 Å². The van der Waals surface area contributed by atoms with Gasteiger partial charge in [0, 0.05) is 29.3 Å². The van der Waals surface area contributed by atoms with E-state index in [1.807, 2.05) is 30.5 Å². The third-order valence-corrected chi connectivity index (χ3v) is 5.73. The fourth-order valence-electron chi connectivity index (χ4n) is 3.09. The molecule has 1 aliphatic rings. The van der Waals surface area contributed by atoms with E-state index in [0.29, 0.717) is 12.4 Å². The van der Waals surface area contributed by atoms with Gasteiger partial charge in [-0.3, -0.25) is 4.98 Å². The minimum atomic E-state index is -1.20. The zero-order valence-corrected chi connectivity index (χ0v) is 17.7. The van der Waals surface area contributed by atoms with Gasteiger partial charge in [-0.25, -0.2) is 0 Å². The Kier molecular flexibility index (Phi) is 6.60. The minimum absolute atomic E-state index is 0. The molecule has 4 rings (SSSR count). The molecule has 1 aromatic heterocycles. The van der Waals surface area contributed by atoms with E-state index in [2.05, 4.69) is 23.2 Å². The Morgan fingerprint density at radius 1 is 1.15 bits per heavy atom. The molecule has 0 aliphatic carbocycles. The van der Waals surface area contributed by atoms with E-state index in [1.54, 1.807) is 30.1 Å². The summed E-state index contributed by atoms with van der Waals surface area (Å²) in [5.74, 6) is 0.207. The van der Waals surface area contributed by atoms with Crippen LogP contribution in [0.1, 0.15) is 37.9 Å². The molecule has 0 fully saturated rings. The SMILES string of the molecule is O=C([O-])c1ccc2c(c1)OCc1ccccc1C2SCc1cccnc1.[Na+]. The van der Waals surface area contributed by atoms with Crippen LogP contribution in [0.25, 0.3) is 0 Å². The van der Waals surface area contributed by atoms with Crippen molar-refractivity contribution in [3.8, 4) is 5.75 Å². The van der Waals surface area contributed by atoms with Crippen molar-refractivity contribution in [2.45, 2.75) is 17.6 Å². The first kappa shape index (κ1) is 20.0. The second-order valence-electron chi connectivity index (χ2n) is 6.08. The van der Waals surface area contributed by atoms with E-state index in [9.17, 15) is 9.90 Å². The number of fused-ring (bicyclic) bond motifs is 2. The predicted molar refractivity (Wildman–Crippen MR) is 98.9 cm³/mol. The van der Waals surface area contributed by atoms with Crippen molar-refractivity contribution in [2.24, 2.45) is 0 Å². The summed E-state index contributed by atoms with van der Waals surface area (Å²) in [4.78, 5) is 15.4. The standard InChI is InChI=1S/C21H17NO3S.Na/c23-21(24)15-7-8-18-19(10-15)25-12-16-5-1-2-6-17(16)20(18)26-13-14-4-3-9-22-11-14;/h1-11,20H,12-13H2,(H,23,24);/q;+1/p-1. The summed E-state index contributed by atoms with van der Waals surface area (Å²) in [6.45, 7) is 0.420. The summed E-state index contributed by atoms with van der Waals surface area (Å²) >= 11 is 1.78. The first-order chi connectivity index (χ1) is 12.7. The molecule has 0 bridgehead atoms. The van der Waals surface area contributed by atoms with Gasteiger partial charge in [0.1, 0.15) is 12.4 Å². The molecule has 1 unspecified atom stereocenters. The number of carboxylic acids is 1. The van der Waals surface area contributed by atoms with Crippen LogP contribution in [-0.4, -0.2) is 11.0 Å². The summed E-state index contributed by atoms with van der Waals surface area (Å²) in [5, 5.41) is 11.3. The molecule has 2 heterocycles. The van der Waals surface area contributed by atoms with Gasteiger partial charge in [0.25, 0.3) is 0 Å². The van der Waals surface area contributed by atoms with Gasteiger partial charge in [0.15, 0.2) is 0 Å². The molecule has 4 nitrogen and oxygen atoms in total. The summed E-state index contributed by atoms with van der Waals surface area (Å²) in [5.41, 5.74) is 4.57. The maximum Gasteiger partial charge on any atom is 1.00 e. The van der Waals surface area contributed by atoms with Gasteiger partial charge in [0.2, 0.25) is 0 Å². The van der Waals surface area contributed by atoms with Gasteiger partial charge in [-0.05, 0) is 28.8 Å². The van der Waals surface area contributed by atoms with Crippen LogP contribution in [0, 0.1) is 0 Å². The maximum absolute atomic E-state index is 11.2. The van der Waals surface area contributed by atoms with Crippen molar-refractivity contribution in [3.05, 3.63) is 94.8 Å². The smallest absolute Gasteiger partial charge is 0.545 e. The first-order valence-electron chi connectivity index (χ1n) is 8.29. The van der Waals surface area contributed by atoms with Crippen LogP contribution in [0.3, 0.4) is 0 Å². The molecule has 2 aromatic carbocycles.